The average Bonchev–Trinajstić information content (AvgIpc) is 3.06. The molecule has 1 saturated heterocycles. The molecule has 1 fully saturated rings. The summed E-state index contributed by atoms with van der Waals surface area (Å²) in [5.74, 6) is 0.212. The van der Waals surface area contributed by atoms with E-state index in [4.69, 9.17) is 4.84 Å². The van der Waals surface area contributed by atoms with Crippen molar-refractivity contribution in [3.05, 3.63) is 71.3 Å². The highest BCUT2D eigenvalue weighted by atomic mass is 16.7. The van der Waals surface area contributed by atoms with Gasteiger partial charge in [-0.3, -0.25) is 9.63 Å². The number of carbonyl (C=O) groups excluding carboxylic acids is 2. The van der Waals surface area contributed by atoms with Crippen molar-refractivity contribution >= 4 is 11.9 Å². The van der Waals surface area contributed by atoms with Gasteiger partial charge in [-0.15, -0.1) is 0 Å². The second kappa shape index (κ2) is 9.01. The molecule has 1 aliphatic heterocycles. The number of carbonyl (C=O) groups is 2. The molecule has 2 aromatic carbocycles. The molecule has 2 aromatic rings. The molecule has 0 radical (unpaired) electrons. The SMILES string of the molecule is O=C(NCc1cccc(CN2CCCC2=O)c1)NOCc1ccccc1. The maximum atomic E-state index is 11.8. The zero-order valence-corrected chi connectivity index (χ0v) is 14.6. The summed E-state index contributed by atoms with van der Waals surface area (Å²) in [5, 5.41) is 2.76. The molecule has 0 saturated carbocycles. The van der Waals surface area contributed by atoms with Crippen LogP contribution in [-0.4, -0.2) is 23.4 Å². The minimum Gasteiger partial charge on any atom is -0.338 e. The number of amides is 3. The van der Waals surface area contributed by atoms with Crippen LogP contribution >= 0.6 is 0 Å². The molecule has 0 spiro atoms. The Kier molecular flexibility index (Phi) is 6.22. The van der Waals surface area contributed by atoms with Gasteiger partial charge in [-0.25, -0.2) is 10.3 Å². The molecule has 0 atom stereocenters. The van der Waals surface area contributed by atoms with Gasteiger partial charge in [0.05, 0.1) is 6.61 Å². The highest BCUT2D eigenvalue weighted by Gasteiger charge is 2.19. The van der Waals surface area contributed by atoms with Gasteiger partial charge in [0, 0.05) is 26.1 Å². The lowest BCUT2D eigenvalue weighted by atomic mass is 10.1. The Bertz CT molecular complexity index is 749. The van der Waals surface area contributed by atoms with Crippen molar-refractivity contribution < 1.29 is 14.4 Å². The lowest BCUT2D eigenvalue weighted by Crippen LogP contribution is -2.35. The van der Waals surface area contributed by atoms with Crippen molar-refractivity contribution in [2.24, 2.45) is 0 Å². The minimum atomic E-state index is -0.388. The number of hydrogen-bond donors (Lipinski definition) is 2. The summed E-state index contributed by atoms with van der Waals surface area (Å²) in [6.07, 6.45) is 1.58. The molecule has 1 aliphatic rings. The molecular formula is C20H23N3O3. The van der Waals surface area contributed by atoms with E-state index < -0.39 is 0 Å². The molecule has 0 unspecified atom stereocenters. The molecule has 3 amide bonds. The zero-order chi connectivity index (χ0) is 18.2. The molecule has 0 bridgehead atoms. The summed E-state index contributed by atoms with van der Waals surface area (Å²) in [5.41, 5.74) is 5.41. The smallest absolute Gasteiger partial charge is 0.338 e. The maximum Gasteiger partial charge on any atom is 0.338 e. The van der Waals surface area contributed by atoms with Crippen LogP contribution in [0.3, 0.4) is 0 Å². The van der Waals surface area contributed by atoms with Crippen molar-refractivity contribution in [3.63, 3.8) is 0 Å². The lowest BCUT2D eigenvalue weighted by Gasteiger charge is -2.16. The van der Waals surface area contributed by atoms with Crippen LogP contribution in [0.25, 0.3) is 0 Å². The van der Waals surface area contributed by atoms with Crippen LogP contribution in [-0.2, 0) is 29.3 Å². The second-order valence-corrected chi connectivity index (χ2v) is 6.30. The fourth-order valence-electron chi connectivity index (χ4n) is 2.91. The third-order valence-electron chi connectivity index (χ3n) is 4.24. The number of hydroxylamine groups is 1. The minimum absolute atomic E-state index is 0.212. The quantitative estimate of drug-likeness (QED) is 0.752. The Morgan fingerprint density at radius 3 is 2.58 bits per heavy atom. The predicted octanol–water partition coefficient (Wildman–Crippen LogP) is 2.74. The van der Waals surface area contributed by atoms with Gasteiger partial charge in [0.25, 0.3) is 0 Å². The van der Waals surface area contributed by atoms with Crippen LogP contribution in [0.1, 0.15) is 29.5 Å². The van der Waals surface area contributed by atoms with Crippen LogP contribution in [0.15, 0.2) is 54.6 Å². The van der Waals surface area contributed by atoms with Gasteiger partial charge in [-0.2, -0.15) is 0 Å². The Morgan fingerprint density at radius 1 is 1.04 bits per heavy atom. The Hall–Kier alpha value is -2.86. The van der Waals surface area contributed by atoms with Gasteiger partial charge < -0.3 is 10.2 Å². The van der Waals surface area contributed by atoms with Gasteiger partial charge in [0.2, 0.25) is 5.91 Å². The summed E-state index contributed by atoms with van der Waals surface area (Å²) in [7, 11) is 0. The first kappa shape index (κ1) is 17.9. The van der Waals surface area contributed by atoms with Gasteiger partial charge in [0.1, 0.15) is 0 Å². The highest BCUT2D eigenvalue weighted by molar-refractivity contribution is 5.78. The zero-order valence-electron chi connectivity index (χ0n) is 14.6. The van der Waals surface area contributed by atoms with Crippen molar-refractivity contribution in [3.8, 4) is 0 Å². The van der Waals surface area contributed by atoms with E-state index in [0.29, 0.717) is 26.1 Å². The number of nitrogens with one attached hydrogen (secondary N) is 2. The van der Waals surface area contributed by atoms with Crippen LogP contribution in [0.5, 0.6) is 0 Å². The van der Waals surface area contributed by atoms with Crippen LogP contribution < -0.4 is 10.8 Å². The monoisotopic (exact) mass is 353 g/mol. The molecule has 26 heavy (non-hydrogen) atoms. The van der Waals surface area contributed by atoms with Crippen molar-refractivity contribution in [1.82, 2.24) is 15.7 Å². The first-order valence-corrected chi connectivity index (χ1v) is 8.76. The Labute approximate surface area is 153 Å². The summed E-state index contributed by atoms with van der Waals surface area (Å²) in [4.78, 5) is 30.6. The molecule has 2 N–H and O–H groups in total. The summed E-state index contributed by atoms with van der Waals surface area (Å²) in [6.45, 7) is 2.15. The number of urea groups is 1. The van der Waals surface area contributed by atoms with Crippen LogP contribution in [0, 0.1) is 0 Å². The molecule has 6 nitrogen and oxygen atoms in total. The fourth-order valence-corrected chi connectivity index (χ4v) is 2.91. The topological polar surface area (TPSA) is 70.7 Å². The van der Waals surface area contributed by atoms with E-state index in [1.54, 1.807) is 0 Å². The van der Waals surface area contributed by atoms with E-state index >= 15 is 0 Å². The number of likely N-dealkylation sites (tertiary alicyclic amines) is 1. The molecule has 6 heteroatoms. The second-order valence-electron chi connectivity index (χ2n) is 6.30. The molecular weight excluding hydrogens is 330 g/mol. The summed E-state index contributed by atoms with van der Waals surface area (Å²) >= 11 is 0. The molecule has 3 rings (SSSR count). The number of hydrogen-bond acceptors (Lipinski definition) is 3. The lowest BCUT2D eigenvalue weighted by molar-refractivity contribution is -0.128. The van der Waals surface area contributed by atoms with E-state index in [0.717, 1.165) is 29.7 Å². The Morgan fingerprint density at radius 2 is 1.81 bits per heavy atom. The van der Waals surface area contributed by atoms with E-state index in [9.17, 15) is 9.59 Å². The van der Waals surface area contributed by atoms with Crippen LogP contribution in [0.2, 0.25) is 0 Å². The van der Waals surface area contributed by atoms with Gasteiger partial charge in [-0.05, 0) is 23.1 Å². The largest absolute Gasteiger partial charge is 0.338 e. The number of nitrogens with zero attached hydrogens (tertiary/aromatic N) is 1. The van der Waals surface area contributed by atoms with E-state index in [1.165, 1.54) is 0 Å². The molecule has 1 heterocycles. The number of benzene rings is 2. The van der Waals surface area contributed by atoms with Gasteiger partial charge in [0.15, 0.2) is 0 Å². The fraction of sp³-hybridized carbons (Fsp3) is 0.300. The maximum absolute atomic E-state index is 11.8. The molecule has 136 valence electrons. The number of rotatable bonds is 7. The predicted molar refractivity (Wildman–Crippen MR) is 97.7 cm³/mol. The van der Waals surface area contributed by atoms with Crippen molar-refractivity contribution in [2.75, 3.05) is 6.54 Å². The highest BCUT2D eigenvalue weighted by Crippen LogP contribution is 2.15. The van der Waals surface area contributed by atoms with Crippen molar-refractivity contribution in [1.29, 1.82) is 0 Å². The van der Waals surface area contributed by atoms with E-state index in [2.05, 4.69) is 10.8 Å². The normalized spacial score (nSPS) is 13.7. The standard InChI is InChI=1S/C20H23N3O3/c24-19-10-5-11-23(19)14-18-9-4-8-17(12-18)13-21-20(25)22-26-15-16-6-2-1-3-7-16/h1-4,6-9,12H,5,10-11,13-15H2,(H2,21,22,25). The third-order valence-corrected chi connectivity index (χ3v) is 4.24. The molecule has 0 aliphatic carbocycles. The van der Waals surface area contributed by atoms with Crippen molar-refractivity contribution in [2.45, 2.75) is 32.5 Å². The van der Waals surface area contributed by atoms with Gasteiger partial charge in [-0.1, -0.05) is 54.6 Å². The van der Waals surface area contributed by atoms with Gasteiger partial charge >= 0.3 is 6.03 Å². The van der Waals surface area contributed by atoms with E-state index in [-0.39, 0.29) is 11.9 Å². The van der Waals surface area contributed by atoms with E-state index in [1.807, 2.05) is 59.5 Å². The summed E-state index contributed by atoms with van der Waals surface area (Å²) in [6, 6.07) is 17.1. The first-order valence-electron chi connectivity index (χ1n) is 8.76. The first-order chi connectivity index (χ1) is 12.7. The summed E-state index contributed by atoms with van der Waals surface area (Å²) < 4.78 is 0. The third kappa shape index (κ3) is 5.32. The molecule has 0 aromatic heterocycles. The average molecular weight is 353 g/mol. The Balaban J connectivity index is 1.41. The van der Waals surface area contributed by atoms with Crippen LogP contribution in [0.4, 0.5) is 4.79 Å².